The van der Waals surface area contributed by atoms with Gasteiger partial charge in [0.25, 0.3) is 11.8 Å². The van der Waals surface area contributed by atoms with E-state index in [4.69, 9.17) is 22.1 Å². The van der Waals surface area contributed by atoms with Crippen molar-refractivity contribution >= 4 is 35.0 Å². The highest BCUT2D eigenvalue weighted by Crippen LogP contribution is 2.35. The topological polar surface area (TPSA) is 128 Å². The summed E-state index contributed by atoms with van der Waals surface area (Å²) in [6, 6.07) is 2.57. The van der Waals surface area contributed by atoms with Crippen LogP contribution >= 0.6 is 11.6 Å². The number of primary amides is 1. The maximum atomic E-state index is 13.6. The summed E-state index contributed by atoms with van der Waals surface area (Å²) >= 11 is 6.07. The van der Waals surface area contributed by atoms with Crippen LogP contribution in [-0.2, 0) is 9.53 Å². The minimum absolute atomic E-state index is 0.00307. The van der Waals surface area contributed by atoms with Gasteiger partial charge in [0.15, 0.2) is 5.69 Å². The lowest BCUT2D eigenvalue weighted by Crippen LogP contribution is -2.34. The Morgan fingerprint density at radius 1 is 1.23 bits per heavy atom. The van der Waals surface area contributed by atoms with Crippen LogP contribution in [0.25, 0.3) is 0 Å². The minimum Gasteiger partial charge on any atom is -0.376 e. The van der Waals surface area contributed by atoms with Gasteiger partial charge in [0, 0.05) is 25.1 Å². The number of imidazole rings is 1. The molecule has 1 unspecified atom stereocenters. The van der Waals surface area contributed by atoms with E-state index in [9.17, 15) is 18.8 Å². The molecule has 0 spiro atoms. The molecular formula is C24H29ClFN5O4. The maximum Gasteiger partial charge on any atom is 0.272 e. The van der Waals surface area contributed by atoms with Crippen LogP contribution in [0.15, 0.2) is 18.5 Å². The zero-order valence-electron chi connectivity index (χ0n) is 19.5. The monoisotopic (exact) mass is 505 g/mol. The van der Waals surface area contributed by atoms with Crippen LogP contribution in [0.3, 0.4) is 0 Å². The minimum atomic E-state index is -0.731. The quantitative estimate of drug-likeness (QED) is 0.531. The molecule has 1 aliphatic carbocycles. The summed E-state index contributed by atoms with van der Waals surface area (Å²) in [5, 5.41) is 5.71. The number of anilines is 1. The highest BCUT2D eigenvalue weighted by atomic mass is 35.5. The van der Waals surface area contributed by atoms with Crippen LogP contribution < -0.4 is 16.4 Å². The third kappa shape index (κ3) is 5.65. The Labute approximate surface area is 207 Å². The van der Waals surface area contributed by atoms with Gasteiger partial charge < -0.3 is 25.7 Å². The van der Waals surface area contributed by atoms with E-state index in [0.29, 0.717) is 50.1 Å². The second kappa shape index (κ2) is 10.7. The number of carbonyl (C=O) groups is 3. The largest absolute Gasteiger partial charge is 0.376 e. The molecule has 9 nitrogen and oxygen atoms in total. The van der Waals surface area contributed by atoms with Crippen molar-refractivity contribution in [3.63, 3.8) is 0 Å². The van der Waals surface area contributed by atoms with Crippen molar-refractivity contribution in [1.82, 2.24) is 14.9 Å². The lowest BCUT2D eigenvalue weighted by molar-refractivity contribution is -0.121. The number of amides is 3. The SMILES string of the molecule is Cc1cc(NC(=O)C2CCC(n3cnc(C(=O)NCC4CCCO4)c3C(N)=O)CC2)c(Cl)cc1F. The van der Waals surface area contributed by atoms with Crippen LogP contribution in [0.4, 0.5) is 10.1 Å². The van der Waals surface area contributed by atoms with E-state index in [2.05, 4.69) is 15.6 Å². The molecule has 0 bridgehead atoms. The molecule has 2 fully saturated rings. The molecule has 1 aliphatic heterocycles. The van der Waals surface area contributed by atoms with E-state index in [-0.39, 0.29) is 40.4 Å². The molecule has 4 N–H and O–H groups in total. The highest BCUT2D eigenvalue weighted by Gasteiger charge is 2.31. The Morgan fingerprint density at radius 2 is 1.97 bits per heavy atom. The first kappa shape index (κ1) is 25.1. The number of nitrogens with two attached hydrogens (primary N) is 1. The summed E-state index contributed by atoms with van der Waals surface area (Å²) in [6.45, 7) is 2.63. The molecule has 0 radical (unpaired) electrons. The first-order valence-corrected chi connectivity index (χ1v) is 12.1. The molecular weight excluding hydrogens is 477 g/mol. The highest BCUT2D eigenvalue weighted by molar-refractivity contribution is 6.33. The van der Waals surface area contributed by atoms with Crippen molar-refractivity contribution < 1.29 is 23.5 Å². The molecule has 11 heteroatoms. The van der Waals surface area contributed by atoms with Crippen LogP contribution in [0.1, 0.15) is 71.1 Å². The van der Waals surface area contributed by atoms with Crippen LogP contribution in [-0.4, -0.2) is 46.5 Å². The smallest absolute Gasteiger partial charge is 0.272 e. The number of nitrogens with one attached hydrogen (secondary N) is 2. The van der Waals surface area contributed by atoms with Gasteiger partial charge in [-0.3, -0.25) is 14.4 Å². The second-order valence-corrected chi connectivity index (χ2v) is 9.54. The molecule has 2 heterocycles. The van der Waals surface area contributed by atoms with Crippen molar-refractivity contribution in [2.24, 2.45) is 11.7 Å². The average molecular weight is 506 g/mol. The van der Waals surface area contributed by atoms with E-state index in [1.54, 1.807) is 11.5 Å². The van der Waals surface area contributed by atoms with Gasteiger partial charge in [-0.05, 0) is 63.1 Å². The van der Waals surface area contributed by atoms with E-state index in [1.165, 1.54) is 18.5 Å². The maximum absolute atomic E-state index is 13.6. The van der Waals surface area contributed by atoms with E-state index >= 15 is 0 Å². The standard InChI is InChI=1S/C24H29ClFN5O4/c1-13-9-19(17(25)10-18(13)26)30-23(33)14-4-6-15(7-5-14)31-12-29-20(21(31)22(27)32)24(34)28-11-16-3-2-8-35-16/h9-10,12,14-16H,2-8,11H2,1H3,(H2,27,32)(H,28,34)(H,30,33). The zero-order valence-corrected chi connectivity index (χ0v) is 20.2. The number of hydrogen-bond acceptors (Lipinski definition) is 5. The van der Waals surface area contributed by atoms with Crippen molar-refractivity contribution in [1.29, 1.82) is 0 Å². The van der Waals surface area contributed by atoms with Gasteiger partial charge in [0.1, 0.15) is 11.5 Å². The second-order valence-electron chi connectivity index (χ2n) is 9.13. The fourth-order valence-electron chi connectivity index (χ4n) is 4.75. The number of benzene rings is 1. The summed E-state index contributed by atoms with van der Waals surface area (Å²) in [4.78, 5) is 41.9. The van der Waals surface area contributed by atoms with Gasteiger partial charge in [0.2, 0.25) is 5.91 Å². The first-order valence-electron chi connectivity index (χ1n) is 11.8. The predicted molar refractivity (Wildman–Crippen MR) is 128 cm³/mol. The molecule has 4 rings (SSSR count). The number of rotatable bonds is 7. The molecule has 35 heavy (non-hydrogen) atoms. The number of nitrogens with zero attached hydrogens (tertiary/aromatic N) is 2. The summed E-state index contributed by atoms with van der Waals surface area (Å²) in [6.07, 6.45) is 5.58. The van der Waals surface area contributed by atoms with Crippen molar-refractivity contribution in [3.05, 3.63) is 46.3 Å². The Kier molecular flexibility index (Phi) is 7.71. The number of carbonyl (C=O) groups excluding carboxylic acids is 3. The number of halogens is 2. The summed E-state index contributed by atoms with van der Waals surface area (Å²) in [7, 11) is 0. The van der Waals surface area contributed by atoms with E-state index in [1.807, 2.05) is 0 Å². The van der Waals surface area contributed by atoms with Gasteiger partial charge in [0.05, 0.1) is 23.1 Å². The van der Waals surface area contributed by atoms with Gasteiger partial charge in [-0.1, -0.05) is 11.6 Å². The number of ether oxygens (including phenoxy) is 1. The summed E-state index contributed by atoms with van der Waals surface area (Å²) in [5.74, 6) is -2.08. The van der Waals surface area contributed by atoms with E-state index in [0.717, 1.165) is 12.8 Å². The summed E-state index contributed by atoms with van der Waals surface area (Å²) < 4.78 is 20.8. The molecule has 188 valence electrons. The molecule has 2 aromatic rings. The van der Waals surface area contributed by atoms with Gasteiger partial charge in [-0.25, -0.2) is 9.37 Å². The van der Waals surface area contributed by atoms with Gasteiger partial charge >= 0.3 is 0 Å². The van der Waals surface area contributed by atoms with Gasteiger partial charge in [-0.15, -0.1) is 0 Å². The molecule has 1 saturated carbocycles. The Bertz CT molecular complexity index is 1120. The van der Waals surface area contributed by atoms with Crippen molar-refractivity contribution in [2.45, 2.75) is 57.6 Å². The van der Waals surface area contributed by atoms with E-state index < -0.39 is 17.6 Å². The van der Waals surface area contributed by atoms with Gasteiger partial charge in [-0.2, -0.15) is 0 Å². The Hall–Kier alpha value is -2.98. The fraction of sp³-hybridized carbons (Fsp3) is 0.500. The van der Waals surface area contributed by atoms with Crippen molar-refractivity contribution in [2.75, 3.05) is 18.5 Å². The Balaban J connectivity index is 1.38. The zero-order chi connectivity index (χ0) is 25.1. The lowest BCUT2D eigenvalue weighted by Gasteiger charge is -2.29. The molecule has 1 saturated heterocycles. The third-order valence-corrected chi connectivity index (χ3v) is 7.04. The summed E-state index contributed by atoms with van der Waals surface area (Å²) in [5.41, 5.74) is 6.44. The average Bonchev–Trinajstić information content (AvgIpc) is 3.51. The van der Waals surface area contributed by atoms with Crippen LogP contribution in [0.5, 0.6) is 0 Å². The normalized spacial score (nSPS) is 22.1. The molecule has 3 amide bonds. The van der Waals surface area contributed by atoms with Crippen LogP contribution in [0, 0.1) is 18.7 Å². The first-order chi connectivity index (χ1) is 16.7. The molecule has 1 aromatic heterocycles. The Morgan fingerprint density at radius 3 is 2.63 bits per heavy atom. The van der Waals surface area contributed by atoms with Crippen molar-refractivity contribution in [3.8, 4) is 0 Å². The molecule has 1 aromatic carbocycles. The third-order valence-electron chi connectivity index (χ3n) is 6.72. The lowest BCUT2D eigenvalue weighted by atomic mass is 9.85. The fourth-order valence-corrected chi connectivity index (χ4v) is 4.95. The molecule has 1 atom stereocenters. The number of hydrogen-bond donors (Lipinski definition) is 3. The number of aryl methyl sites for hydroxylation is 1. The molecule has 2 aliphatic rings. The number of aromatic nitrogens is 2. The predicted octanol–water partition coefficient (Wildman–Crippen LogP) is 3.36. The van der Waals surface area contributed by atoms with Crippen LogP contribution in [0.2, 0.25) is 5.02 Å².